The molecule has 6 aromatic rings. The number of anilines is 1. The van der Waals surface area contributed by atoms with Crippen LogP contribution in [0.4, 0.5) is 5.69 Å². The molecule has 0 spiro atoms. The number of fused-ring (bicyclic) bond motifs is 2. The number of carbonyl (C=O) groups excluding carboxylic acids is 1. The number of aromatic amines is 2. The maximum Gasteiger partial charge on any atom is 0.224 e. The van der Waals surface area contributed by atoms with E-state index >= 15 is 0 Å². The predicted octanol–water partition coefficient (Wildman–Crippen LogP) is 6.28. The van der Waals surface area contributed by atoms with E-state index in [0.29, 0.717) is 12.1 Å². The Morgan fingerprint density at radius 1 is 1.11 bits per heavy atom. The summed E-state index contributed by atoms with van der Waals surface area (Å²) in [4.78, 5) is 29.4. The van der Waals surface area contributed by atoms with E-state index in [-0.39, 0.29) is 11.8 Å². The van der Waals surface area contributed by atoms with Crippen molar-refractivity contribution in [3.8, 4) is 33.8 Å². The van der Waals surface area contributed by atoms with Gasteiger partial charge in [0.15, 0.2) is 0 Å². The quantitative estimate of drug-likeness (QED) is 0.253. The van der Waals surface area contributed by atoms with Crippen LogP contribution in [-0.2, 0) is 4.79 Å². The average molecular weight is 494 g/mol. The van der Waals surface area contributed by atoms with Crippen LogP contribution < -0.4 is 5.32 Å². The first-order valence-corrected chi connectivity index (χ1v) is 12.6. The summed E-state index contributed by atoms with van der Waals surface area (Å²) in [5.74, 6) is 0.254. The van der Waals surface area contributed by atoms with Crippen LogP contribution in [0.1, 0.15) is 20.3 Å². The summed E-state index contributed by atoms with van der Waals surface area (Å²) < 4.78 is 0. The molecule has 0 aliphatic rings. The zero-order chi connectivity index (χ0) is 24.6. The summed E-state index contributed by atoms with van der Waals surface area (Å²) in [6.45, 7) is 4.03. The number of carbonyl (C=O) groups is 1. The van der Waals surface area contributed by atoms with Crippen molar-refractivity contribution in [3.05, 3.63) is 65.7 Å². The molecular weight excluding hydrogens is 470 g/mol. The van der Waals surface area contributed by atoms with Crippen LogP contribution in [0, 0.1) is 5.92 Å². The topological polar surface area (TPSA) is 112 Å². The third-order valence-electron chi connectivity index (χ3n) is 5.94. The normalized spacial score (nSPS) is 11.5. The number of rotatable bonds is 6. The van der Waals surface area contributed by atoms with Crippen molar-refractivity contribution < 1.29 is 4.79 Å². The van der Waals surface area contributed by atoms with Crippen molar-refractivity contribution in [3.63, 3.8) is 0 Å². The predicted molar refractivity (Wildman–Crippen MR) is 144 cm³/mol. The summed E-state index contributed by atoms with van der Waals surface area (Å²) in [5, 5.41) is 15.8. The first-order valence-electron chi connectivity index (χ1n) is 11.7. The van der Waals surface area contributed by atoms with Crippen LogP contribution in [0.15, 0.2) is 65.7 Å². The molecular formula is C27H23N7OS. The monoisotopic (exact) mass is 493 g/mol. The van der Waals surface area contributed by atoms with Gasteiger partial charge >= 0.3 is 0 Å². The molecule has 6 heterocycles. The van der Waals surface area contributed by atoms with E-state index in [1.165, 1.54) is 0 Å². The minimum atomic E-state index is -0.0290. The molecule has 0 bridgehead atoms. The summed E-state index contributed by atoms with van der Waals surface area (Å²) >= 11 is 1.67. The van der Waals surface area contributed by atoms with Crippen LogP contribution in [0.2, 0.25) is 0 Å². The highest BCUT2D eigenvalue weighted by Crippen LogP contribution is 2.34. The Kier molecular flexibility index (Phi) is 5.54. The maximum atomic E-state index is 12.2. The number of hydrogen-bond acceptors (Lipinski definition) is 6. The highest BCUT2D eigenvalue weighted by molar-refractivity contribution is 7.08. The molecule has 0 aliphatic carbocycles. The highest BCUT2D eigenvalue weighted by Gasteiger charge is 2.16. The molecule has 3 N–H and O–H groups in total. The third kappa shape index (κ3) is 4.14. The maximum absolute atomic E-state index is 12.2. The van der Waals surface area contributed by atoms with Gasteiger partial charge in [-0.05, 0) is 64.2 Å². The smallest absolute Gasteiger partial charge is 0.224 e. The minimum absolute atomic E-state index is 0.0290. The van der Waals surface area contributed by atoms with Gasteiger partial charge in [-0.15, -0.1) is 0 Å². The van der Waals surface area contributed by atoms with Gasteiger partial charge in [0.1, 0.15) is 16.9 Å². The molecule has 0 unspecified atom stereocenters. The summed E-state index contributed by atoms with van der Waals surface area (Å²) in [6, 6.07) is 12.0. The molecule has 0 saturated carbocycles. The molecule has 0 aliphatic heterocycles. The van der Waals surface area contributed by atoms with Crippen molar-refractivity contribution >= 4 is 45.0 Å². The van der Waals surface area contributed by atoms with E-state index in [4.69, 9.17) is 4.98 Å². The summed E-state index contributed by atoms with van der Waals surface area (Å²) in [5.41, 5.74) is 8.41. The molecule has 6 aromatic heterocycles. The first-order chi connectivity index (χ1) is 17.5. The molecule has 9 heteroatoms. The van der Waals surface area contributed by atoms with E-state index < -0.39 is 0 Å². The SMILES string of the molecule is CC(C)CC(=O)Nc1cncc(-c2ccc3[nH]nc(-c4cc5c(-c6ccsc6)ccnc5[nH]4)c3n2)c1. The van der Waals surface area contributed by atoms with Crippen molar-refractivity contribution in [2.45, 2.75) is 20.3 Å². The Bertz CT molecular complexity index is 1700. The van der Waals surface area contributed by atoms with Gasteiger partial charge in [-0.1, -0.05) is 13.8 Å². The van der Waals surface area contributed by atoms with Crippen molar-refractivity contribution in [2.75, 3.05) is 5.32 Å². The second kappa shape index (κ2) is 9.01. The highest BCUT2D eigenvalue weighted by atomic mass is 32.1. The van der Waals surface area contributed by atoms with E-state index in [2.05, 4.69) is 53.4 Å². The first kappa shape index (κ1) is 22.1. The summed E-state index contributed by atoms with van der Waals surface area (Å²) in [6.07, 6.45) is 5.66. The number of pyridine rings is 3. The van der Waals surface area contributed by atoms with E-state index in [0.717, 1.165) is 55.8 Å². The standard InChI is InChI=1S/C27H23N7OS/c1-15(2)9-24(35)30-18-10-17(12-28-13-18)21-3-4-22-25(31-21)26(34-33-22)23-11-20-19(16-6-8-36-14-16)5-7-29-27(20)32-23/h3-8,10-15H,9H2,1-2H3,(H,29,32)(H,30,35)(H,33,34). The van der Waals surface area contributed by atoms with Gasteiger partial charge < -0.3 is 10.3 Å². The second-order valence-corrected chi connectivity index (χ2v) is 9.87. The molecule has 0 radical (unpaired) electrons. The molecule has 6 rings (SSSR count). The van der Waals surface area contributed by atoms with Gasteiger partial charge in [0.25, 0.3) is 0 Å². The summed E-state index contributed by atoms with van der Waals surface area (Å²) in [7, 11) is 0. The molecule has 0 atom stereocenters. The minimum Gasteiger partial charge on any atom is -0.338 e. The molecule has 8 nitrogen and oxygen atoms in total. The van der Waals surface area contributed by atoms with Gasteiger partial charge in [-0.2, -0.15) is 16.4 Å². The Hall–Kier alpha value is -4.37. The van der Waals surface area contributed by atoms with Crippen LogP contribution in [0.3, 0.4) is 0 Å². The number of nitrogens with zero attached hydrogens (tertiary/aromatic N) is 4. The lowest BCUT2D eigenvalue weighted by Gasteiger charge is -2.08. The Balaban J connectivity index is 1.38. The van der Waals surface area contributed by atoms with Crippen molar-refractivity contribution in [1.82, 2.24) is 30.1 Å². The Morgan fingerprint density at radius 2 is 2.03 bits per heavy atom. The Labute approximate surface area is 210 Å². The number of aromatic nitrogens is 6. The molecule has 36 heavy (non-hydrogen) atoms. The van der Waals surface area contributed by atoms with Crippen LogP contribution in [0.25, 0.3) is 55.8 Å². The number of amides is 1. The van der Waals surface area contributed by atoms with Gasteiger partial charge in [-0.3, -0.25) is 14.9 Å². The van der Waals surface area contributed by atoms with Crippen LogP contribution >= 0.6 is 11.3 Å². The average Bonchev–Trinajstić information content (AvgIpc) is 3.62. The number of H-pyrrole nitrogens is 2. The molecule has 0 aromatic carbocycles. The molecule has 1 amide bonds. The fourth-order valence-electron chi connectivity index (χ4n) is 4.30. The van der Waals surface area contributed by atoms with Crippen molar-refractivity contribution in [2.24, 2.45) is 5.92 Å². The fourth-order valence-corrected chi connectivity index (χ4v) is 4.96. The fraction of sp³-hybridized carbons (Fsp3) is 0.148. The lowest BCUT2D eigenvalue weighted by atomic mass is 10.1. The van der Waals surface area contributed by atoms with E-state index in [1.54, 1.807) is 23.7 Å². The molecule has 178 valence electrons. The van der Waals surface area contributed by atoms with Gasteiger partial charge in [-0.25, -0.2) is 9.97 Å². The second-order valence-electron chi connectivity index (χ2n) is 9.09. The lowest BCUT2D eigenvalue weighted by Crippen LogP contribution is -2.13. The van der Waals surface area contributed by atoms with E-state index in [1.807, 2.05) is 44.3 Å². The van der Waals surface area contributed by atoms with Crippen LogP contribution in [-0.4, -0.2) is 36.0 Å². The van der Waals surface area contributed by atoms with Gasteiger partial charge in [0, 0.05) is 29.8 Å². The molecule has 0 fully saturated rings. The zero-order valence-electron chi connectivity index (χ0n) is 19.7. The van der Waals surface area contributed by atoms with Gasteiger partial charge in [0.2, 0.25) is 5.91 Å². The molecule has 0 saturated heterocycles. The lowest BCUT2D eigenvalue weighted by molar-refractivity contribution is -0.116. The van der Waals surface area contributed by atoms with Crippen LogP contribution in [0.5, 0.6) is 0 Å². The van der Waals surface area contributed by atoms with Gasteiger partial charge in [0.05, 0.1) is 28.8 Å². The van der Waals surface area contributed by atoms with Crippen molar-refractivity contribution in [1.29, 1.82) is 0 Å². The third-order valence-corrected chi connectivity index (χ3v) is 6.62. The number of thiophene rings is 1. The van der Waals surface area contributed by atoms with E-state index in [9.17, 15) is 4.79 Å². The Morgan fingerprint density at radius 3 is 2.86 bits per heavy atom. The largest absolute Gasteiger partial charge is 0.338 e. The number of hydrogen-bond donors (Lipinski definition) is 3. The zero-order valence-corrected chi connectivity index (χ0v) is 20.6. The number of nitrogens with one attached hydrogen (secondary N) is 3.